The summed E-state index contributed by atoms with van der Waals surface area (Å²) in [7, 11) is 1.44. The Bertz CT molecular complexity index is 842. The number of hydrogen-bond donors (Lipinski definition) is 3. The standard InChI is InChI=1S/C23H29N3O4/c1-23(29)13-14-26(22(28)24-15-17-9-5-3-6-10-17)20(18-11-7-4-8-12-18)21(23)25-19(27)16-30-2/h3-12,20-21,29H,13-16H2,1-2H3,(H,24,28)(H,25,27). The van der Waals surface area contributed by atoms with Crippen molar-refractivity contribution in [3.8, 4) is 0 Å². The molecule has 3 unspecified atom stereocenters. The van der Waals surface area contributed by atoms with Gasteiger partial charge >= 0.3 is 6.03 Å². The Morgan fingerprint density at radius 3 is 2.40 bits per heavy atom. The summed E-state index contributed by atoms with van der Waals surface area (Å²) in [5, 5.41) is 16.9. The minimum Gasteiger partial charge on any atom is -0.388 e. The molecule has 3 rings (SSSR count). The van der Waals surface area contributed by atoms with Crippen LogP contribution in [0.5, 0.6) is 0 Å². The summed E-state index contributed by atoms with van der Waals surface area (Å²) in [6.07, 6.45) is 0.340. The molecule has 0 aromatic heterocycles. The number of urea groups is 1. The molecule has 2 aromatic carbocycles. The number of rotatable bonds is 6. The van der Waals surface area contributed by atoms with Gasteiger partial charge in [-0.15, -0.1) is 0 Å². The van der Waals surface area contributed by atoms with E-state index in [0.29, 0.717) is 19.5 Å². The monoisotopic (exact) mass is 411 g/mol. The first-order valence-corrected chi connectivity index (χ1v) is 10.1. The normalized spacial score (nSPS) is 23.6. The summed E-state index contributed by atoms with van der Waals surface area (Å²) in [5.74, 6) is -0.338. The average Bonchev–Trinajstić information content (AvgIpc) is 2.75. The number of hydrogen-bond acceptors (Lipinski definition) is 4. The van der Waals surface area contributed by atoms with Gasteiger partial charge in [0.15, 0.2) is 0 Å². The van der Waals surface area contributed by atoms with E-state index in [1.165, 1.54) is 7.11 Å². The predicted molar refractivity (Wildman–Crippen MR) is 114 cm³/mol. The highest BCUT2D eigenvalue weighted by Gasteiger charge is 2.47. The quantitative estimate of drug-likeness (QED) is 0.680. The van der Waals surface area contributed by atoms with Gasteiger partial charge < -0.3 is 25.4 Å². The highest BCUT2D eigenvalue weighted by molar-refractivity contribution is 5.79. The largest absolute Gasteiger partial charge is 0.388 e. The van der Waals surface area contributed by atoms with Crippen LogP contribution in [0.2, 0.25) is 0 Å². The maximum atomic E-state index is 13.1. The number of nitrogens with zero attached hydrogens (tertiary/aromatic N) is 1. The molecule has 3 amide bonds. The van der Waals surface area contributed by atoms with Crippen LogP contribution in [0.25, 0.3) is 0 Å². The summed E-state index contributed by atoms with van der Waals surface area (Å²) in [5.41, 5.74) is 0.659. The van der Waals surface area contributed by atoms with Gasteiger partial charge in [0, 0.05) is 20.2 Å². The van der Waals surface area contributed by atoms with Crippen LogP contribution in [0, 0.1) is 0 Å². The van der Waals surface area contributed by atoms with Crippen molar-refractivity contribution in [2.75, 3.05) is 20.3 Å². The number of nitrogens with one attached hydrogen (secondary N) is 2. The van der Waals surface area contributed by atoms with Crippen molar-refractivity contribution in [2.45, 2.75) is 37.6 Å². The third kappa shape index (κ3) is 5.17. The fourth-order valence-corrected chi connectivity index (χ4v) is 3.87. The van der Waals surface area contributed by atoms with Crippen LogP contribution in [-0.2, 0) is 16.1 Å². The van der Waals surface area contributed by atoms with Crippen molar-refractivity contribution in [2.24, 2.45) is 0 Å². The molecular formula is C23H29N3O4. The van der Waals surface area contributed by atoms with Crippen LogP contribution in [0.4, 0.5) is 4.79 Å². The molecule has 0 saturated carbocycles. The number of benzene rings is 2. The van der Waals surface area contributed by atoms with E-state index >= 15 is 0 Å². The molecular weight excluding hydrogens is 382 g/mol. The van der Waals surface area contributed by atoms with Gasteiger partial charge in [-0.2, -0.15) is 0 Å². The summed E-state index contributed by atoms with van der Waals surface area (Å²) >= 11 is 0. The highest BCUT2D eigenvalue weighted by Crippen LogP contribution is 2.37. The molecule has 1 aliphatic rings. The zero-order valence-corrected chi connectivity index (χ0v) is 17.4. The summed E-state index contributed by atoms with van der Waals surface area (Å²) < 4.78 is 4.93. The van der Waals surface area contributed by atoms with Gasteiger partial charge in [0.25, 0.3) is 0 Å². The van der Waals surface area contributed by atoms with Crippen LogP contribution in [0.1, 0.15) is 30.5 Å². The Morgan fingerprint density at radius 1 is 1.13 bits per heavy atom. The topological polar surface area (TPSA) is 90.9 Å². The van der Waals surface area contributed by atoms with Crippen molar-refractivity contribution in [1.82, 2.24) is 15.5 Å². The van der Waals surface area contributed by atoms with E-state index in [1.807, 2.05) is 60.7 Å². The van der Waals surface area contributed by atoms with Gasteiger partial charge in [-0.05, 0) is 24.5 Å². The van der Waals surface area contributed by atoms with E-state index in [0.717, 1.165) is 11.1 Å². The molecule has 30 heavy (non-hydrogen) atoms. The molecule has 0 aliphatic carbocycles. The van der Waals surface area contributed by atoms with Gasteiger partial charge in [-0.1, -0.05) is 60.7 Å². The lowest BCUT2D eigenvalue weighted by Gasteiger charge is -2.49. The number of piperidine rings is 1. The van der Waals surface area contributed by atoms with Crippen LogP contribution >= 0.6 is 0 Å². The number of amides is 3. The van der Waals surface area contributed by atoms with E-state index in [-0.39, 0.29) is 18.5 Å². The minimum atomic E-state index is -1.18. The Hall–Kier alpha value is -2.90. The summed E-state index contributed by atoms with van der Waals surface area (Å²) in [6, 6.07) is 17.7. The maximum absolute atomic E-state index is 13.1. The summed E-state index contributed by atoms with van der Waals surface area (Å²) in [6.45, 7) is 2.34. The molecule has 1 fully saturated rings. The number of likely N-dealkylation sites (tertiary alicyclic amines) is 1. The molecule has 1 aliphatic heterocycles. The maximum Gasteiger partial charge on any atom is 0.318 e. The van der Waals surface area contributed by atoms with Gasteiger partial charge in [-0.3, -0.25) is 4.79 Å². The van der Waals surface area contributed by atoms with Crippen LogP contribution in [0.3, 0.4) is 0 Å². The fourth-order valence-electron chi connectivity index (χ4n) is 3.87. The van der Waals surface area contributed by atoms with Gasteiger partial charge in [-0.25, -0.2) is 4.79 Å². The first-order valence-electron chi connectivity index (χ1n) is 10.1. The van der Waals surface area contributed by atoms with Crippen LogP contribution in [-0.4, -0.2) is 53.8 Å². The number of methoxy groups -OCH3 is 1. The number of carbonyl (C=O) groups excluding carboxylic acids is 2. The molecule has 160 valence electrons. The summed E-state index contributed by atoms with van der Waals surface area (Å²) in [4.78, 5) is 27.1. The first kappa shape index (κ1) is 21.8. The molecule has 2 aromatic rings. The Kier molecular flexibility index (Phi) is 7.07. The molecule has 1 heterocycles. The Labute approximate surface area is 177 Å². The van der Waals surface area contributed by atoms with E-state index in [9.17, 15) is 14.7 Å². The van der Waals surface area contributed by atoms with E-state index in [1.54, 1.807) is 11.8 Å². The minimum absolute atomic E-state index is 0.117. The van der Waals surface area contributed by atoms with Crippen molar-refractivity contribution in [3.63, 3.8) is 0 Å². The molecule has 7 nitrogen and oxygen atoms in total. The van der Waals surface area contributed by atoms with Gasteiger partial charge in [0.05, 0.1) is 17.7 Å². The zero-order chi connectivity index (χ0) is 21.6. The molecule has 0 bridgehead atoms. The van der Waals surface area contributed by atoms with Crippen molar-refractivity contribution >= 4 is 11.9 Å². The lowest BCUT2D eigenvalue weighted by Crippen LogP contribution is -2.64. The predicted octanol–water partition coefficient (Wildman–Crippen LogP) is 2.23. The number of ether oxygens (including phenoxy) is 1. The lowest BCUT2D eigenvalue weighted by atomic mass is 9.79. The molecule has 3 atom stereocenters. The molecule has 1 saturated heterocycles. The molecule has 0 radical (unpaired) electrons. The SMILES string of the molecule is COCC(=O)NC1C(c2ccccc2)N(C(=O)NCc2ccccc2)CCC1(C)O. The van der Waals surface area contributed by atoms with Crippen molar-refractivity contribution < 1.29 is 19.4 Å². The van der Waals surface area contributed by atoms with E-state index < -0.39 is 17.7 Å². The number of aliphatic hydroxyl groups is 1. The number of carbonyl (C=O) groups is 2. The second kappa shape index (κ2) is 9.73. The second-order valence-corrected chi connectivity index (χ2v) is 7.78. The third-order valence-corrected chi connectivity index (χ3v) is 5.46. The van der Waals surface area contributed by atoms with Gasteiger partial charge in [0.2, 0.25) is 5.91 Å². The third-order valence-electron chi connectivity index (χ3n) is 5.46. The first-order chi connectivity index (χ1) is 14.4. The van der Waals surface area contributed by atoms with E-state index in [2.05, 4.69) is 10.6 Å². The zero-order valence-electron chi connectivity index (χ0n) is 17.4. The molecule has 0 spiro atoms. The Morgan fingerprint density at radius 2 is 1.77 bits per heavy atom. The second-order valence-electron chi connectivity index (χ2n) is 7.78. The van der Waals surface area contributed by atoms with Crippen molar-refractivity contribution in [1.29, 1.82) is 0 Å². The highest BCUT2D eigenvalue weighted by atomic mass is 16.5. The average molecular weight is 412 g/mol. The smallest absolute Gasteiger partial charge is 0.318 e. The lowest BCUT2D eigenvalue weighted by molar-refractivity contribution is -0.131. The fraction of sp³-hybridized carbons (Fsp3) is 0.391. The van der Waals surface area contributed by atoms with Gasteiger partial charge in [0.1, 0.15) is 6.61 Å². The molecule has 3 N–H and O–H groups in total. The molecule has 7 heteroatoms. The van der Waals surface area contributed by atoms with Crippen LogP contribution in [0.15, 0.2) is 60.7 Å². The van der Waals surface area contributed by atoms with Crippen molar-refractivity contribution in [3.05, 3.63) is 71.8 Å². The van der Waals surface area contributed by atoms with Crippen LogP contribution < -0.4 is 10.6 Å². The van der Waals surface area contributed by atoms with E-state index in [4.69, 9.17) is 4.74 Å². The Balaban J connectivity index is 1.86.